The molecule has 0 amide bonds. The number of nitrogens with zero attached hydrogens (tertiary/aromatic N) is 4. The second-order valence-electron chi connectivity index (χ2n) is 7.77. The molecule has 0 radical (unpaired) electrons. The van der Waals surface area contributed by atoms with E-state index in [1.807, 2.05) is 35.0 Å². The molecule has 30 heavy (non-hydrogen) atoms. The van der Waals surface area contributed by atoms with E-state index in [2.05, 4.69) is 33.8 Å². The number of hydrogen-bond acceptors (Lipinski definition) is 6. The zero-order valence-corrected chi connectivity index (χ0v) is 17.5. The van der Waals surface area contributed by atoms with Crippen molar-refractivity contribution in [3.63, 3.8) is 0 Å². The van der Waals surface area contributed by atoms with Crippen molar-refractivity contribution in [1.82, 2.24) is 20.2 Å². The van der Waals surface area contributed by atoms with Gasteiger partial charge in [0.1, 0.15) is 0 Å². The molecule has 1 saturated carbocycles. The number of carbonyl (C=O) groups excluding carboxylic acids is 1. The maximum absolute atomic E-state index is 12.0. The molecule has 0 atom stereocenters. The summed E-state index contributed by atoms with van der Waals surface area (Å²) in [6.07, 6.45) is 5.30. The summed E-state index contributed by atoms with van der Waals surface area (Å²) in [4.78, 5) is 12.0. The zero-order chi connectivity index (χ0) is 21.0. The van der Waals surface area contributed by atoms with Crippen LogP contribution >= 0.6 is 0 Å². The Bertz CT molecular complexity index is 1010. The molecule has 0 saturated heterocycles. The van der Waals surface area contributed by atoms with Gasteiger partial charge < -0.3 is 10.1 Å². The number of rotatable bonds is 6. The summed E-state index contributed by atoms with van der Waals surface area (Å²) in [6.45, 7) is 4.23. The highest BCUT2D eigenvalue weighted by Crippen LogP contribution is 2.39. The number of tetrazole rings is 1. The topological polar surface area (TPSA) is 81.9 Å². The van der Waals surface area contributed by atoms with Crippen LogP contribution in [0, 0.1) is 6.92 Å². The van der Waals surface area contributed by atoms with Gasteiger partial charge in [0.15, 0.2) is 5.82 Å². The minimum absolute atomic E-state index is 0.306. The van der Waals surface area contributed by atoms with Crippen molar-refractivity contribution in [2.24, 2.45) is 0 Å². The van der Waals surface area contributed by atoms with Gasteiger partial charge in [0.05, 0.1) is 23.4 Å². The quantitative estimate of drug-likeness (QED) is 0.612. The summed E-state index contributed by atoms with van der Waals surface area (Å²) in [5.74, 6) is 0.519. The second kappa shape index (κ2) is 8.65. The van der Waals surface area contributed by atoms with E-state index < -0.39 is 0 Å². The number of aryl methyl sites for hydroxylation is 1. The van der Waals surface area contributed by atoms with Gasteiger partial charge in [-0.05, 0) is 73.0 Å². The number of aromatic nitrogens is 4. The Morgan fingerprint density at radius 1 is 1.10 bits per heavy atom. The monoisotopic (exact) mass is 405 g/mol. The molecule has 7 nitrogen and oxygen atoms in total. The summed E-state index contributed by atoms with van der Waals surface area (Å²) in [5.41, 5.74) is 3.22. The number of hydrogen-bond donors (Lipinski definition) is 1. The number of esters is 1. The van der Waals surface area contributed by atoms with Crippen LogP contribution in [-0.2, 0) is 10.3 Å². The molecule has 1 N–H and O–H groups in total. The first-order valence-electron chi connectivity index (χ1n) is 10.5. The van der Waals surface area contributed by atoms with Crippen LogP contribution in [0.4, 0.5) is 5.69 Å². The van der Waals surface area contributed by atoms with Crippen molar-refractivity contribution in [3.8, 4) is 5.69 Å². The van der Waals surface area contributed by atoms with Gasteiger partial charge in [-0.1, -0.05) is 37.5 Å². The molecule has 2 aromatic carbocycles. The Morgan fingerprint density at radius 3 is 2.53 bits per heavy atom. The van der Waals surface area contributed by atoms with E-state index in [0.29, 0.717) is 12.2 Å². The van der Waals surface area contributed by atoms with Gasteiger partial charge in [-0.3, -0.25) is 0 Å². The van der Waals surface area contributed by atoms with Gasteiger partial charge in [-0.15, -0.1) is 5.10 Å². The molecule has 1 aromatic heterocycles. The van der Waals surface area contributed by atoms with Gasteiger partial charge in [0, 0.05) is 5.69 Å². The van der Waals surface area contributed by atoms with Crippen LogP contribution < -0.4 is 5.32 Å². The van der Waals surface area contributed by atoms with E-state index in [-0.39, 0.29) is 11.5 Å². The zero-order valence-electron chi connectivity index (χ0n) is 17.5. The van der Waals surface area contributed by atoms with Crippen molar-refractivity contribution < 1.29 is 9.53 Å². The maximum atomic E-state index is 12.0. The van der Waals surface area contributed by atoms with Crippen LogP contribution in [0.2, 0.25) is 0 Å². The van der Waals surface area contributed by atoms with Crippen LogP contribution in [-0.4, -0.2) is 32.8 Å². The number of ether oxygens (including phenoxy) is 1. The average Bonchev–Trinajstić information content (AvgIpc) is 3.26. The molecule has 0 bridgehead atoms. The largest absolute Gasteiger partial charge is 0.462 e. The van der Waals surface area contributed by atoms with Crippen LogP contribution in [0.5, 0.6) is 0 Å². The summed E-state index contributed by atoms with van der Waals surface area (Å²) in [6, 6.07) is 15.6. The van der Waals surface area contributed by atoms with Gasteiger partial charge in [-0.25, -0.2) is 4.79 Å². The van der Waals surface area contributed by atoms with Gasteiger partial charge >= 0.3 is 5.97 Å². The Balaban J connectivity index is 1.68. The Labute approximate surface area is 176 Å². The first kappa shape index (κ1) is 20.1. The Kier molecular flexibility index (Phi) is 5.79. The third-order valence-electron chi connectivity index (χ3n) is 5.73. The molecule has 0 spiro atoms. The number of carbonyl (C=O) groups is 1. The van der Waals surface area contributed by atoms with Crippen molar-refractivity contribution >= 4 is 11.7 Å². The van der Waals surface area contributed by atoms with Crippen molar-refractivity contribution in [2.75, 3.05) is 11.9 Å². The molecule has 4 rings (SSSR count). The standard InChI is InChI=1S/C23H27N5O2/c1-3-30-21(29)18-11-13-19(14-12-18)24-23(15-7-4-8-16-23)22-25-26-27-28(22)20-10-6-5-9-17(20)2/h5-6,9-14,24H,3-4,7-8,15-16H2,1-2H3. The van der Waals surface area contributed by atoms with Crippen LogP contribution in [0.1, 0.15) is 60.8 Å². The number of anilines is 1. The Morgan fingerprint density at radius 2 is 1.83 bits per heavy atom. The van der Waals surface area contributed by atoms with Crippen molar-refractivity contribution in [3.05, 3.63) is 65.5 Å². The van der Waals surface area contributed by atoms with Gasteiger partial charge in [-0.2, -0.15) is 4.68 Å². The van der Waals surface area contributed by atoms with E-state index in [1.165, 1.54) is 6.42 Å². The molecule has 1 fully saturated rings. The lowest BCUT2D eigenvalue weighted by atomic mass is 9.80. The number of benzene rings is 2. The SMILES string of the molecule is CCOC(=O)c1ccc(NC2(c3nnnn3-c3ccccc3C)CCCCC2)cc1. The van der Waals surface area contributed by atoms with Crippen molar-refractivity contribution in [2.45, 2.75) is 51.5 Å². The maximum Gasteiger partial charge on any atom is 0.338 e. The summed E-state index contributed by atoms with van der Waals surface area (Å²) >= 11 is 0. The fourth-order valence-electron chi connectivity index (χ4n) is 4.19. The molecular formula is C23H27N5O2. The van der Waals surface area contributed by atoms with E-state index >= 15 is 0 Å². The highest BCUT2D eigenvalue weighted by molar-refractivity contribution is 5.89. The van der Waals surface area contributed by atoms with Gasteiger partial charge in [0.25, 0.3) is 0 Å². The Hall–Kier alpha value is -3.22. The van der Waals surface area contributed by atoms with Crippen LogP contribution in [0.15, 0.2) is 48.5 Å². The van der Waals surface area contributed by atoms with E-state index in [0.717, 1.165) is 48.4 Å². The molecule has 0 aliphatic heterocycles. The first-order valence-corrected chi connectivity index (χ1v) is 10.5. The summed E-state index contributed by atoms with van der Waals surface area (Å²) in [7, 11) is 0. The van der Waals surface area contributed by atoms with Crippen molar-refractivity contribution in [1.29, 1.82) is 0 Å². The smallest absolute Gasteiger partial charge is 0.338 e. The van der Waals surface area contributed by atoms with E-state index in [4.69, 9.17) is 4.74 Å². The van der Waals surface area contributed by atoms with E-state index in [9.17, 15) is 4.79 Å². The minimum Gasteiger partial charge on any atom is -0.462 e. The lowest BCUT2D eigenvalue weighted by Gasteiger charge is -2.37. The normalized spacial score (nSPS) is 15.5. The highest BCUT2D eigenvalue weighted by atomic mass is 16.5. The van der Waals surface area contributed by atoms with E-state index in [1.54, 1.807) is 19.1 Å². The lowest BCUT2D eigenvalue weighted by Crippen LogP contribution is -2.40. The number of para-hydroxylation sites is 1. The summed E-state index contributed by atoms with van der Waals surface area (Å²) < 4.78 is 6.94. The fraction of sp³-hybridized carbons (Fsp3) is 0.391. The third kappa shape index (κ3) is 3.92. The molecule has 1 aliphatic rings. The lowest BCUT2D eigenvalue weighted by molar-refractivity contribution is 0.0526. The molecule has 1 aliphatic carbocycles. The molecule has 1 heterocycles. The average molecular weight is 406 g/mol. The minimum atomic E-state index is -0.366. The predicted octanol–water partition coefficient (Wildman–Crippen LogP) is 4.42. The van der Waals surface area contributed by atoms with Crippen LogP contribution in [0.25, 0.3) is 5.69 Å². The molecular weight excluding hydrogens is 378 g/mol. The van der Waals surface area contributed by atoms with Crippen LogP contribution in [0.3, 0.4) is 0 Å². The second-order valence-corrected chi connectivity index (χ2v) is 7.77. The predicted molar refractivity (Wildman–Crippen MR) is 115 cm³/mol. The molecule has 7 heteroatoms. The molecule has 0 unspecified atom stereocenters. The first-order chi connectivity index (χ1) is 14.6. The van der Waals surface area contributed by atoms with Gasteiger partial charge in [0.2, 0.25) is 0 Å². The molecule has 156 valence electrons. The fourth-order valence-corrected chi connectivity index (χ4v) is 4.19. The third-order valence-corrected chi connectivity index (χ3v) is 5.73. The molecule has 3 aromatic rings. The summed E-state index contributed by atoms with van der Waals surface area (Å²) in [5, 5.41) is 16.5. The highest BCUT2D eigenvalue weighted by Gasteiger charge is 2.39. The number of nitrogens with one attached hydrogen (secondary N) is 1.